The molecule has 2 aromatic carbocycles. The minimum atomic E-state index is -0.269. The Kier molecular flexibility index (Phi) is 5.78. The Morgan fingerprint density at radius 2 is 1.79 bits per heavy atom. The molecule has 6 heteroatoms. The lowest BCUT2D eigenvalue weighted by molar-refractivity contribution is -0.127. The summed E-state index contributed by atoms with van der Waals surface area (Å²) < 4.78 is 10.8. The normalized spacial score (nSPS) is 18.0. The number of hydrogen-bond donors (Lipinski definition) is 1. The molecule has 2 aliphatic heterocycles. The van der Waals surface area contributed by atoms with Crippen molar-refractivity contribution in [1.82, 2.24) is 15.1 Å². The topological polar surface area (TPSA) is 54.0 Å². The van der Waals surface area contributed by atoms with E-state index in [-0.39, 0.29) is 18.7 Å². The van der Waals surface area contributed by atoms with E-state index in [1.54, 1.807) is 0 Å². The maximum Gasteiger partial charge on any atom is 0.242 e. The van der Waals surface area contributed by atoms with Crippen LogP contribution < -0.4 is 14.8 Å². The van der Waals surface area contributed by atoms with Gasteiger partial charge in [0, 0.05) is 32.7 Å². The number of benzene rings is 2. The van der Waals surface area contributed by atoms with Crippen LogP contribution in [0.3, 0.4) is 0 Å². The summed E-state index contributed by atoms with van der Waals surface area (Å²) in [7, 11) is 0. The second-order valence-electron chi connectivity index (χ2n) is 7.19. The van der Waals surface area contributed by atoms with Crippen LogP contribution in [-0.4, -0.2) is 55.2 Å². The lowest BCUT2D eigenvalue weighted by atomic mass is 10.0. The molecule has 0 spiro atoms. The first-order valence-corrected chi connectivity index (χ1v) is 9.92. The summed E-state index contributed by atoms with van der Waals surface area (Å²) in [6.45, 7) is 7.74. The van der Waals surface area contributed by atoms with Gasteiger partial charge in [0.25, 0.3) is 0 Å². The number of piperazine rings is 1. The van der Waals surface area contributed by atoms with Gasteiger partial charge in [-0.2, -0.15) is 0 Å². The zero-order valence-corrected chi connectivity index (χ0v) is 16.3. The molecule has 0 radical (unpaired) electrons. The highest BCUT2D eigenvalue weighted by molar-refractivity contribution is 5.83. The van der Waals surface area contributed by atoms with E-state index < -0.39 is 0 Å². The molecule has 1 amide bonds. The first-order chi connectivity index (χ1) is 13.7. The van der Waals surface area contributed by atoms with Crippen molar-refractivity contribution in [3.05, 3.63) is 59.7 Å². The number of ether oxygens (including phenoxy) is 2. The standard InChI is InChI=1S/C22H27N3O3/c1-2-24-10-12-25(13-11-24)21(18-6-4-3-5-7-18)22(26)23-15-17-8-9-19-20(14-17)28-16-27-19/h3-9,14,21H,2,10-13,15-16H2,1H3,(H,23,26). The molecule has 1 fully saturated rings. The average molecular weight is 381 g/mol. The number of nitrogens with zero attached hydrogens (tertiary/aromatic N) is 2. The van der Waals surface area contributed by atoms with Crippen molar-refractivity contribution in [2.75, 3.05) is 39.5 Å². The van der Waals surface area contributed by atoms with Crippen molar-refractivity contribution in [3.8, 4) is 11.5 Å². The predicted octanol–water partition coefficient (Wildman–Crippen LogP) is 2.41. The monoisotopic (exact) mass is 381 g/mol. The van der Waals surface area contributed by atoms with Crippen LogP contribution in [0.1, 0.15) is 24.1 Å². The van der Waals surface area contributed by atoms with Gasteiger partial charge in [-0.15, -0.1) is 0 Å². The van der Waals surface area contributed by atoms with Crippen LogP contribution in [0.25, 0.3) is 0 Å². The predicted molar refractivity (Wildman–Crippen MR) is 107 cm³/mol. The zero-order valence-electron chi connectivity index (χ0n) is 16.3. The van der Waals surface area contributed by atoms with E-state index in [1.165, 1.54) is 0 Å². The van der Waals surface area contributed by atoms with Crippen LogP contribution in [-0.2, 0) is 11.3 Å². The molecule has 0 saturated carbocycles. The van der Waals surface area contributed by atoms with E-state index in [0.717, 1.165) is 55.3 Å². The average Bonchev–Trinajstić information content (AvgIpc) is 3.22. The highest BCUT2D eigenvalue weighted by atomic mass is 16.7. The smallest absolute Gasteiger partial charge is 0.242 e. The Morgan fingerprint density at radius 3 is 2.54 bits per heavy atom. The zero-order chi connectivity index (χ0) is 19.3. The van der Waals surface area contributed by atoms with Crippen LogP contribution in [0.15, 0.2) is 48.5 Å². The van der Waals surface area contributed by atoms with Gasteiger partial charge in [-0.3, -0.25) is 9.69 Å². The molecular weight excluding hydrogens is 354 g/mol. The van der Waals surface area contributed by atoms with Gasteiger partial charge >= 0.3 is 0 Å². The van der Waals surface area contributed by atoms with Crippen molar-refractivity contribution in [3.63, 3.8) is 0 Å². The molecule has 148 valence electrons. The van der Waals surface area contributed by atoms with Gasteiger partial charge in [0.05, 0.1) is 0 Å². The molecule has 2 aliphatic rings. The molecular formula is C22H27N3O3. The van der Waals surface area contributed by atoms with E-state index in [9.17, 15) is 4.79 Å². The number of rotatable bonds is 6. The van der Waals surface area contributed by atoms with E-state index in [2.05, 4.69) is 22.0 Å². The fraction of sp³-hybridized carbons (Fsp3) is 0.409. The first kappa shape index (κ1) is 18.8. The number of hydrogen-bond acceptors (Lipinski definition) is 5. The fourth-order valence-electron chi connectivity index (χ4n) is 3.84. The van der Waals surface area contributed by atoms with Crippen LogP contribution in [0.4, 0.5) is 0 Å². The molecule has 4 rings (SSSR count). The molecule has 2 heterocycles. The summed E-state index contributed by atoms with van der Waals surface area (Å²) in [5.41, 5.74) is 2.04. The lowest BCUT2D eigenvalue weighted by Crippen LogP contribution is -2.50. The number of likely N-dealkylation sites (N-methyl/N-ethyl adjacent to an activating group) is 1. The van der Waals surface area contributed by atoms with Gasteiger partial charge < -0.3 is 19.7 Å². The van der Waals surface area contributed by atoms with Crippen LogP contribution in [0.2, 0.25) is 0 Å². The molecule has 1 unspecified atom stereocenters. The van der Waals surface area contributed by atoms with Crippen molar-refractivity contribution >= 4 is 5.91 Å². The minimum absolute atomic E-state index is 0.0359. The Hall–Kier alpha value is -2.57. The minimum Gasteiger partial charge on any atom is -0.454 e. The van der Waals surface area contributed by atoms with Crippen molar-refractivity contribution in [1.29, 1.82) is 0 Å². The maximum atomic E-state index is 13.2. The third kappa shape index (κ3) is 4.13. The van der Waals surface area contributed by atoms with Gasteiger partial charge in [0.2, 0.25) is 12.7 Å². The van der Waals surface area contributed by atoms with Crippen molar-refractivity contribution < 1.29 is 14.3 Å². The SMILES string of the molecule is CCN1CCN(C(C(=O)NCc2ccc3c(c2)OCO3)c2ccccc2)CC1. The highest BCUT2D eigenvalue weighted by Crippen LogP contribution is 2.32. The molecule has 28 heavy (non-hydrogen) atoms. The van der Waals surface area contributed by atoms with Crippen LogP contribution in [0, 0.1) is 0 Å². The molecule has 1 N–H and O–H groups in total. The Balaban J connectivity index is 1.46. The van der Waals surface area contributed by atoms with E-state index in [0.29, 0.717) is 6.54 Å². The summed E-state index contributed by atoms with van der Waals surface area (Å²) in [6.07, 6.45) is 0. The molecule has 0 aromatic heterocycles. The van der Waals surface area contributed by atoms with Gasteiger partial charge in [0.15, 0.2) is 11.5 Å². The number of amides is 1. The summed E-state index contributed by atoms with van der Waals surface area (Å²) in [5.74, 6) is 1.53. The number of carbonyl (C=O) groups is 1. The molecule has 2 aromatic rings. The summed E-state index contributed by atoms with van der Waals surface area (Å²) in [4.78, 5) is 17.9. The second-order valence-corrected chi connectivity index (χ2v) is 7.19. The van der Waals surface area contributed by atoms with E-state index in [1.807, 2.05) is 48.5 Å². The second kappa shape index (κ2) is 8.63. The number of fused-ring (bicyclic) bond motifs is 1. The fourth-order valence-corrected chi connectivity index (χ4v) is 3.84. The summed E-state index contributed by atoms with van der Waals surface area (Å²) in [6, 6.07) is 15.6. The van der Waals surface area contributed by atoms with Crippen LogP contribution >= 0.6 is 0 Å². The van der Waals surface area contributed by atoms with Crippen molar-refractivity contribution in [2.45, 2.75) is 19.5 Å². The van der Waals surface area contributed by atoms with Gasteiger partial charge in [-0.05, 0) is 29.8 Å². The first-order valence-electron chi connectivity index (χ1n) is 9.92. The molecule has 1 saturated heterocycles. The van der Waals surface area contributed by atoms with Gasteiger partial charge in [-0.1, -0.05) is 43.3 Å². The lowest BCUT2D eigenvalue weighted by Gasteiger charge is -2.38. The van der Waals surface area contributed by atoms with E-state index >= 15 is 0 Å². The molecule has 0 bridgehead atoms. The molecule has 1 atom stereocenters. The number of carbonyl (C=O) groups excluding carboxylic acids is 1. The van der Waals surface area contributed by atoms with Gasteiger partial charge in [-0.25, -0.2) is 0 Å². The van der Waals surface area contributed by atoms with Gasteiger partial charge in [0.1, 0.15) is 6.04 Å². The third-order valence-corrected chi connectivity index (χ3v) is 5.49. The Morgan fingerprint density at radius 1 is 1.04 bits per heavy atom. The summed E-state index contributed by atoms with van der Waals surface area (Å²) >= 11 is 0. The largest absolute Gasteiger partial charge is 0.454 e. The number of nitrogens with one attached hydrogen (secondary N) is 1. The van der Waals surface area contributed by atoms with E-state index in [4.69, 9.17) is 9.47 Å². The maximum absolute atomic E-state index is 13.2. The van der Waals surface area contributed by atoms with Crippen molar-refractivity contribution in [2.24, 2.45) is 0 Å². The van der Waals surface area contributed by atoms with Crippen LogP contribution in [0.5, 0.6) is 11.5 Å². The Labute approximate surface area is 166 Å². The molecule has 6 nitrogen and oxygen atoms in total. The third-order valence-electron chi connectivity index (χ3n) is 5.49. The summed E-state index contributed by atoms with van der Waals surface area (Å²) in [5, 5.41) is 3.12. The Bertz CT molecular complexity index is 804. The quantitative estimate of drug-likeness (QED) is 0.833. The molecule has 0 aliphatic carbocycles. The highest BCUT2D eigenvalue weighted by Gasteiger charge is 2.30.